The molecule has 25 heavy (non-hydrogen) atoms. The first kappa shape index (κ1) is 16.1. The summed E-state index contributed by atoms with van der Waals surface area (Å²) in [6.07, 6.45) is 7.53. The lowest BCUT2D eigenvalue weighted by Gasteiger charge is -2.05. The minimum atomic E-state index is -3.53. The molecule has 2 aromatic heterocycles. The SMILES string of the molecule is O=S(=O)(c1ccsc1C/C=C/c1ccc2c(c1)OOC2)n1cccc1. The summed E-state index contributed by atoms with van der Waals surface area (Å²) < 4.78 is 26.5. The van der Waals surface area contributed by atoms with E-state index in [1.807, 2.05) is 30.4 Å². The van der Waals surface area contributed by atoms with Crippen LogP contribution in [-0.4, -0.2) is 12.4 Å². The van der Waals surface area contributed by atoms with Crippen LogP contribution in [0.25, 0.3) is 6.08 Å². The summed E-state index contributed by atoms with van der Waals surface area (Å²) >= 11 is 1.44. The molecule has 1 aliphatic heterocycles. The summed E-state index contributed by atoms with van der Waals surface area (Å²) in [4.78, 5) is 11.2. The zero-order chi connectivity index (χ0) is 17.3. The van der Waals surface area contributed by atoms with Crippen molar-refractivity contribution in [3.05, 3.63) is 76.3 Å². The summed E-state index contributed by atoms with van der Waals surface area (Å²) in [7, 11) is -3.53. The average molecular weight is 373 g/mol. The molecule has 5 nitrogen and oxygen atoms in total. The van der Waals surface area contributed by atoms with E-state index >= 15 is 0 Å². The van der Waals surface area contributed by atoms with Crippen molar-refractivity contribution < 1.29 is 18.2 Å². The van der Waals surface area contributed by atoms with Gasteiger partial charge in [-0.1, -0.05) is 24.3 Å². The summed E-state index contributed by atoms with van der Waals surface area (Å²) in [5, 5.41) is 1.81. The highest BCUT2D eigenvalue weighted by Gasteiger charge is 2.20. The minimum Gasteiger partial charge on any atom is -0.337 e. The Hall–Kier alpha value is -2.35. The second kappa shape index (κ2) is 6.51. The molecule has 0 saturated carbocycles. The van der Waals surface area contributed by atoms with Crippen molar-refractivity contribution in [2.75, 3.05) is 0 Å². The number of thiophene rings is 1. The number of allylic oxidation sites excluding steroid dienone is 1. The molecule has 4 rings (SSSR count). The average Bonchev–Trinajstić information content (AvgIpc) is 3.35. The van der Waals surface area contributed by atoms with Gasteiger partial charge in [0, 0.05) is 29.3 Å². The highest BCUT2D eigenvalue weighted by Crippen LogP contribution is 2.28. The van der Waals surface area contributed by atoms with Crippen LogP contribution in [0.2, 0.25) is 0 Å². The first-order valence-corrected chi connectivity index (χ1v) is 10.0. The molecule has 0 bridgehead atoms. The van der Waals surface area contributed by atoms with Gasteiger partial charge in [-0.3, -0.25) is 0 Å². The molecule has 0 radical (unpaired) electrons. The van der Waals surface area contributed by atoms with Crippen LogP contribution in [-0.2, 0) is 27.9 Å². The highest BCUT2D eigenvalue weighted by molar-refractivity contribution is 7.90. The van der Waals surface area contributed by atoms with Gasteiger partial charge in [-0.05, 0) is 35.2 Å². The van der Waals surface area contributed by atoms with E-state index < -0.39 is 10.0 Å². The third-order valence-electron chi connectivity index (χ3n) is 3.90. The predicted octanol–water partition coefficient (Wildman–Crippen LogP) is 3.87. The molecule has 7 heteroatoms. The van der Waals surface area contributed by atoms with E-state index in [4.69, 9.17) is 9.78 Å². The van der Waals surface area contributed by atoms with Crippen molar-refractivity contribution in [2.45, 2.75) is 17.9 Å². The maximum Gasteiger partial charge on any atom is 0.268 e. The molecule has 0 amide bonds. The molecule has 0 fully saturated rings. The van der Waals surface area contributed by atoms with E-state index in [0.29, 0.717) is 17.9 Å². The quantitative estimate of drug-likeness (QED) is 0.637. The second-order valence-electron chi connectivity index (χ2n) is 5.55. The van der Waals surface area contributed by atoms with Gasteiger partial charge in [-0.15, -0.1) is 11.3 Å². The fraction of sp³-hybridized carbons (Fsp3) is 0.111. The summed E-state index contributed by atoms with van der Waals surface area (Å²) in [5.41, 5.74) is 2.01. The summed E-state index contributed by atoms with van der Waals surface area (Å²) in [6, 6.07) is 10.9. The second-order valence-corrected chi connectivity index (χ2v) is 8.36. The normalized spacial score (nSPS) is 13.9. The van der Waals surface area contributed by atoms with Gasteiger partial charge < -0.3 is 4.89 Å². The van der Waals surface area contributed by atoms with Gasteiger partial charge in [-0.2, -0.15) is 4.89 Å². The van der Waals surface area contributed by atoms with Gasteiger partial charge in [0.2, 0.25) is 0 Å². The van der Waals surface area contributed by atoms with Crippen LogP contribution >= 0.6 is 11.3 Å². The number of rotatable bonds is 5. The molecule has 0 saturated heterocycles. The molecule has 1 aliphatic rings. The monoisotopic (exact) mass is 373 g/mol. The van der Waals surface area contributed by atoms with Gasteiger partial charge in [0.25, 0.3) is 10.0 Å². The van der Waals surface area contributed by atoms with Crippen LogP contribution in [0.1, 0.15) is 16.0 Å². The zero-order valence-corrected chi connectivity index (χ0v) is 14.8. The smallest absolute Gasteiger partial charge is 0.268 e. The Morgan fingerprint density at radius 2 is 2.04 bits per heavy atom. The first-order chi connectivity index (χ1) is 12.1. The molecule has 1 aromatic carbocycles. The van der Waals surface area contributed by atoms with Crippen molar-refractivity contribution in [3.8, 4) is 5.75 Å². The molecular weight excluding hydrogens is 358 g/mol. The topological polar surface area (TPSA) is 57.5 Å². The Morgan fingerprint density at radius 3 is 2.88 bits per heavy atom. The Labute approximate surface area is 149 Å². The standard InChI is InChI=1S/C18H15NO4S2/c20-25(21,19-9-1-2-10-19)18-8-11-24-17(18)5-3-4-14-6-7-15-13-22-23-16(15)12-14/h1-4,6-12H,5,13H2/b4-3+. The van der Waals surface area contributed by atoms with E-state index in [2.05, 4.69) is 0 Å². The van der Waals surface area contributed by atoms with Crippen molar-refractivity contribution >= 4 is 27.4 Å². The maximum atomic E-state index is 12.7. The summed E-state index contributed by atoms with van der Waals surface area (Å²) in [5.74, 6) is 0.731. The van der Waals surface area contributed by atoms with Gasteiger partial charge in [0.1, 0.15) is 11.5 Å². The number of hydrogen-bond acceptors (Lipinski definition) is 5. The Bertz CT molecular complexity index is 1020. The van der Waals surface area contributed by atoms with Gasteiger partial charge in [0.15, 0.2) is 5.75 Å². The van der Waals surface area contributed by atoms with E-state index in [0.717, 1.165) is 21.8 Å². The Morgan fingerprint density at radius 1 is 1.20 bits per heavy atom. The maximum absolute atomic E-state index is 12.7. The number of benzene rings is 1. The van der Waals surface area contributed by atoms with E-state index in [-0.39, 0.29) is 0 Å². The molecule has 0 unspecified atom stereocenters. The van der Waals surface area contributed by atoms with Crippen LogP contribution < -0.4 is 4.89 Å². The van der Waals surface area contributed by atoms with Crippen LogP contribution in [0.4, 0.5) is 0 Å². The fourth-order valence-corrected chi connectivity index (χ4v) is 5.22. The number of fused-ring (bicyclic) bond motifs is 1. The number of hydrogen-bond donors (Lipinski definition) is 0. The lowest BCUT2D eigenvalue weighted by atomic mass is 10.1. The molecule has 128 valence electrons. The zero-order valence-electron chi connectivity index (χ0n) is 13.2. The van der Waals surface area contributed by atoms with Crippen LogP contribution in [0.15, 0.2) is 65.1 Å². The molecule has 0 aliphatic carbocycles. The largest absolute Gasteiger partial charge is 0.337 e. The first-order valence-electron chi connectivity index (χ1n) is 7.68. The summed E-state index contributed by atoms with van der Waals surface area (Å²) in [6.45, 7) is 0.467. The van der Waals surface area contributed by atoms with Gasteiger partial charge in [0.05, 0.1) is 0 Å². The fourth-order valence-electron chi connectivity index (χ4n) is 2.63. The van der Waals surface area contributed by atoms with E-state index in [1.54, 1.807) is 36.0 Å². The molecule has 0 atom stereocenters. The molecule has 3 aromatic rings. The Kier molecular flexibility index (Phi) is 4.20. The van der Waals surface area contributed by atoms with Crippen molar-refractivity contribution in [3.63, 3.8) is 0 Å². The highest BCUT2D eigenvalue weighted by atomic mass is 32.2. The minimum absolute atomic E-state index is 0.351. The van der Waals surface area contributed by atoms with E-state index in [9.17, 15) is 8.42 Å². The van der Waals surface area contributed by atoms with Crippen molar-refractivity contribution in [1.82, 2.24) is 3.97 Å². The van der Waals surface area contributed by atoms with Gasteiger partial charge >= 0.3 is 0 Å². The predicted molar refractivity (Wildman–Crippen MR) is 95.9 cm³/mol. The third kappa shape index (κ3) is 3.13. The van der Waals surface area contributed by atoms with Gasteiger partial charge in [-0.25, -0.2) is 12.4 Å². The lowest BCUT2D eigenvalue weighted by Crippen LogP contribution is -2.11. The van der Waals surface area contributed by atoms with Crippen molar-refractivity contribution in [2.24, 2.45) is 0 Å². The lowest BCUT2D eigenvalue weighted by molar-refractivity contribution is -0.194. The third-order valence-corrected chi connectivity index (χ3v) is 6.71. The number of aromatic nitrogens is 1. The van der Waals surface area contributed by atoms with Crippen molar-refractivity contribution in [1.29, 1.82) is 0 Å². The molecule has 0 spiro atoms. The molecule has 3 heterocycles. The molecule has 0 N–H and O–H groups in total. The van der Waals surface area contributed by atoms with Crippen LogP contribution in [0.5, 0.6) is 5.75 Å². The van der Waals surface area contributed by atoms with Crippen LogP contribution in [0.3, 0.4) is 0 Å². The molecular formula is C18H15NO4S2. The van der Waals surface area contributed by atoms with Crippen LogP contribution in [0, 0.1) is 0 Å². The number of nitrogens with zero attached hydrogens (tertiary/aromatic N) is 1. The Balaban J connectivity index is 1.54. The van der Waals surface area contributed by atoms with E-state index in [1.165, 1.54) is 15.3 Å².